The van der Waals surface area contributed by atoms with E-state index in [1.165, 1.54) is 17.2 Å². The minimum atomic E-state index is -3.63. The molecule has 0 saturated carbocycles. The Morgan fingerprint density at radius 2 is 1.81 bits per heavy atom. The van der Waals surface area contributed by atoms with Crippen LogP contribution in [0.4, 0.5) is 11.4 Å². The van der Waals surface area contributed by atoms with Crippen molar-refractivity contribution < 1.29 is 8.42 Å². The van der Waals surface area contributed by atoms with Crippen molar-refractivity contribution in [3.63, 3.8) is 0 Å². The average molecular weight is 367 g/mol. The molecule has 110 valence electrons. The molecule has 0 fully saturated rings. The molecular formula is C15H15BrN2O2S. The molecule has 6 heteroatoms. The maximum absolute atomic E-state index is 12.5. The molecule has 0 bridgehead atoms. The van der Waals surface area contributed by atoms with E-state index in [2.05, 4.69) is 20.7 Å². The second-order valence-electron chi connectivity index (χ2n) is 5.13. The zero-order valence-electron chi connectivity index (χ0n) is 11.3. The monoisotopic (exact) mass is 366 g/mol. The van der Waals surface area contributed by atoms with Gasteiger partial charge in [0.1, 0.15) is 4.90 Å². The molecule has 0 atom stereocenters. The molecule has 0 saturated heterocycles. The third-order valence-electron chi connectivity index (χ3n) is 3.60. The smallest absolute Gasteiger partial charge is 0.263 e. The van der Waals surface area contributed by atoms with Gasteiger partial charge in [0, 0.05) is 15.8 Å². The van der Waals surface area contributed by atoms with Gasteiger partial charge in [0.05, 0.1) is 0 Å². The topological polar surface area (TPSA) is 72.2 Å². The first-order chi connectivity index (χ1) is 9.95. The van der Waals surface area contributed by atoms with Crippen LogP contribution in [0.3, 0.4) is 0 Å². The fraction of sp³-hybridized carbons (Fsp3) is 0.200. The Morgan fingerprint density at radius 1 is 1.05 bits per heavy atom. The zero-order chi connectivity index (χ0) is 15.0. The van der Waals surface area contributed by atoms with Crippen LogP contribution in [-0.2, 0) is 22.9 Å². The lowest BCUT2D eigenvalue weighted by atomic mass is 10.1. The van der Waals surface area contributed by atoms with Crippen LogP contribution in [0.15, 0.2) is 45.8 Å². The van der Waals surface area contributed by atoms with Gasteiger partial charge < -0.3 is 5.73 Å². The summed E-state index contributed by atoms with van der Waals surface area (Å²) in [6.07, 6.45) is 3.22. The van der Waals surface area contributed by atoms with Gasteiger partial charge in [-0.1, -0.05) is 6.07 Å². The summed E-state index contributed by atoms with van der Waals surface area (Å²) in [5.74, 6) is 0. The van der Waals surface area contributed by atoms with E-state index in [0.717, 1.165) is 19.3 Å². The summed E-state index contributed by atoms with van der Waals surface area (Å²) in [6, 6.07) is 10.4. The fourth-order valence-corrected chi connectivity index (χ4v) is 4.73. The van der Waals surface area contributed by atoms with Crippen molar-refractivity contribution in [1.82, 2.24) is 0 Å². The molecule has 0 aromatic heterocycles. The minimum Gasteiger partial charge on any atom is -0.399 e. The summed E-state index contributed by atoms with van der Waals surface area (Å²) in [7, 11) is -3.63. The van der Waals surface area contributed by atoms with Crippen LogP contribution in [0.5, 0.6) is 0 Å². The average Bonchev–Trinajstić information content (AvgIpc) is 2.85. The van der Waals surface area contributed by atoms with Crippen molar-refractivity contribution in [2.75, 3.05) is 10.5 Å². The molecule has 0 spiro atoms. The Bertz CT molecular complexity index is 803. The van der Waals surface area contributed by atoms with Gasteiger partial charge in [-0.05, 0) is 76.7 Å². The third-order valence-corrected chi connectivity index (χ3v) is 5.95. The van der Waals surface area contributed by atoms with E-state index in [1.54, 1.807) is 12.1 Å². The molecule has 0 radical (unpaired) electrons. The summed E-state index contributed by atoms with van der Waals surface area (Å²) in [4.78, 5) is 0.178. The maximum atomic E-state index is 12.5. The van der Waals surface area contributed by atoms with Crippen LogP contribution in [-0.4, -0.2) is 8.42 Å². The van der Waals surface area contributed by atoms with Gasteiger partial charge in [-0.25, -0.2) is 8.42 Å². The van der Waals surface area contributed by atoms with Gasteiger partial charge >= 0.3 is 0 Å². The Labute approximate surface area is 132 Å². The van der Waals surface area contributed by atoms with Crippen molar-refractivity contribution in [2.45, 2.75) is 24.2 Å². The van der Waals surface area contributed by atoms with Crippen LogP contribution in [0, 0.1) is 0 Å². The standard InChI is InChI=1S/C15H15BrN2O2S/c16-14-9-12(17)5-7-15(14)21(19,20)18-13-6-4-10-2-1-3-11(10)8-13/h4-9,18H,1-3,17H2. The first-order valence-corrected chi connectivity index (χ1v) is 8.93. The number of fused-ring (bicyclic) bond motifs is 1. The third kappa shape index (κ3) is 2.91. The number of anilines is 2. The van der Waals surface area contributed by atoms with Gasteiger partial charge in [-0.3, -0.25) is 4.72 Å². The number of rotatable bonds is 3. The van der Waals surface area contributed by atoms with E-state index in [1.807, 2.05) is 18.2 Å². The molecule has 0 heterocycles. The number of hydrogen-bond donors (Lipinski definition) is 2. The second-order valence-corrected chi connectivity index (χ2v) is 7.64. The minimum absolute atomic E-state index is 0.178. The van der Waals surface area contributed by atoms with Crippen molar-refractivity contribution in [3.05, 3.63) is 52.0 Å². The van der Waals surface area contributed by atoms with Crippen LogP contribution in [0.25, 0.3) is 0 Å². The van der Waals surface area contributed by atoms with Crippen molar-refractivity contribution in [2.24, 2.45) is 0 Å². The number of aryl methyl sites for hydroxylation is 2. The van der Waals surface area contributed by atoms with Gasteiger partial charge in [0.15, 0.2) is 0 Å². The van der Waals surface area contributed by atoms with Crippen LogP contribution < -0.4 is 10.5 Å². The SMILES string of the molecule is Nc1ccc(S(=O)(=O)Nc2ccc3c(c2)CCC3)c(Br)c1. The molecule has 0 unspecified atom stereocenters. The van der Waals surface area contributed by atoms with E-state index < -0.39 is 10.0 Å². The number of sulfonamides is 1. The molecule has 3 rings (SSSR count). The quantitative estimate of drug-likeness (QED) is 0.818. The number of benzene rings is 2. The highest BCUT2D eigenvalue weighted by Gasteiger charge is 2.19. The maximum Gasteiger partial charge on any atom is 0.263 e. The molecule has 4 nitrogen and oxygen atoms in total. The molecule has 21 heavy (non-hydrogen) atoms. The molecule has 3 N–H and O–H groups in total. The Kier molecular flexibility index (Phi) is 3.67. The highest BCUT2D eigenvalue weighted by molar-refractivity contribution is 9.10. The molecule has 0 amide bonds. The molecule has 0 aliphatic heterocycles. The lowest BCUT2D eigenvalue weighted by molar-refractivity contribution is 0.601. The lowest BCUT2D eigenvalue weighted by Gasteiger charge is -2.11. The Morgan fingerprint density at radius 3 is 2.57 bits per heavy atom. The zero-order valence-corrected chi connectivity index (χ0v) is 13.7. The van der Waals surface area contributed by atoms with E-state index in [4.69, 9.17) is 5.73 Å². The van der Waals surface area contributed by atoms with E-state index in [9.17, 15) is 8.42 Å². The highest BCUT2D eigenvalue weighted by Crippen LogP contribution is 2.29. The molecule has 1 aliphatic carbocycles. The molecule has 2 aromatic carbocycles. The van der Waals surface area contributed by atoms with Gasteiger partial charge in [-0.2, -0.15) is 0 Å². The predicted octanol–water partition coefficient (Wildman–Crippen LogP) is 3.32. The number of nitrogens with one attached hydrogen (secondary N) is 1. The summed E-state index contributed by atoms with van der Waals surface area (Å²) in [5.41, 5.74) is 9.29. The lowest BCUT2D eigenvalue weighted by Crippen LogP contribution is -2.14. The van der Waals surface area contributed by atoms with Crippen molar-refractivity contribution >= 4 is 37.3 Å². The van der Waals surface area contributed by atoms with Crippen LogP contribution >= 0.6 is 15.9 Å². The van der Waals surface area contributed by atoms with E-state index >= 15 is 0 Å². The number of nitrogens with two attached hydrogens (primary N) is 1. The summed E-state index contributed by atoms with van der Waals surface area (Å²) >= 11 is 3.25. The number of halogens is 1. The van der Waals surface area contributed by atoms with Gasteiger partial charge in [0.25, 0.3) is 10.0 Å². The number of hydrogen-bond acceptors (Lipinski definition) is 3. The first kappa shape index (κ1) is 14.4. The van der Waals surface area contributed by atoms with Gasteiger partial charge in [0.2, 0.25) is 0 Å². The van der Waals surface area contributed by atoms with Crippen molar-refractivity contribution in [3.8, 4) is 0 Å². The predicted molar refractivity (Wildman–Crippen MR) is 87.8 cm³/mol. The normalized spacial score (nSPS) is 14.0. The van der Waals surface area contributed by atoms with E-state index in [-0.39, 0.29) is 4.90 Å². The first-order valence-electron chi connectivity index (χ1n) is 6.65. The Balaban J connectivity index is 1.92. The molecular weight excluding hydrogens is 352 g/mol. The number of nitrogen functional groups attached to an aromatic ring is 1. The summed E-state index contributed by atoms with van der Waals surface area (Å²) in [6.45, 7) is 0. The van der Waals surface area contributed by atoms with Crippen molar-refractivity contribution in [1.29, 1.82) is 0 Å². The fourth-order valence-electron chi connectivity index (χ4n) is 2.58. The van der Waals surface area contributed by atoms with Gasteiger partial charge in [-0.15, -0.1) is 0 Å². The van der Waals surface area contributed by atoms with Crippen LogP contribution in [0.1, 0.15) is 17.5 Å². The Hall–Kier alpha value is -1.53. The molecule has 2 aromatic rings. The second kappa shape index (κ2) is 5.35. The summed E-state index contributed by atoms with van der Waals surface area (Å²) < 4.78 is 28.0. The molecule has 1 aliphatic rings. The van der Waals surface area contributed by atoms with E-state index in [0.29, 0.717) is 15.8 Å². The summed E-state index contributed by atoms with van der Waals surface area (Å²) in [5, 5.41) is 0. The van der Waals surface area contributed by atoms with Crippen LogP contribution in [0.2, 0.25) is 0 Å². The largest absolute Gasteiger partial charge is 0.399 e. The highest BCUT2D eigenvalue weighted by atomic mass is 79.9.